The zero-order chi connectivity index (χ0) is 8.97. The minimum atomic E-state index is -0.565. The Morgan fingerprint density at radius 1 is 1.58 bits per heavy atom. The van der Waals surface area contributed by atoms with Gasteiger partial charge in [0.15, 0.2) is 5.82 Å². The minimum Gasteiger partial charge on any atom is -0.459 e. The predicted octanol–water partition coefficient (Wildman–Crippen LogP) is 0.809. The van der Waals surface area contributed by atoms with Gasteiger partial charge in [-0.1, -0.05) is 12.1 Å². The summed E-state index contributed by atoms with van der Waals surface area (Å²) in [6.07, 6.45) is 0.642. The number of carbonyl (C=O) groups excluding carboxylic acids is 1. The number of esters is 1. The van der Waals surface area contributed by atoms with Gasteiger partial charge in [0.25, 0.3) is 0 Å². The zero-order valence-corrected chi connectivity index (χ0v) is 7.03. The lowest BCUT2D eigenvalue weighted by molar-refractivity contribution is 0.0470. The van der Waals surface area contributed by atoms with Crippen molar-refractivity contribution in [3.05, 3.63) is 11.7 Å². The van der Waals surface area contributed by atoms with Crippen LogP contribution in [-0.2, 0) is 11.2 Å². The van der Waals surface area contributed by atoms with Gasteiger partial charge < -0.3 is 9.26 Å². The minimum absolute atomic E-state index is 0.0753. The van der Waals surface area contributed by atoms with Crippen LogP contribution in [0.2, 0.25) is 0 Å². The van der Waals surface area contributed by atoms with E-state index in [0.29, 0.717) is 18.9 Å². The maximum Gasteiger partial charge on any atom is 0.397 e. The second-order valence-electron chi connectivity index (χ2n) is 2.09. The number of hydrogen-bond donors (Lipinski definition) is 0. The van der Waals surface area contributed by atoms with Crippen LogP contribution >= 0.6 is 0 Å². The molecule has 0 N–H and O–H groups in total. The van der Waals surface area contributed by atoms with E-state index in [4.69, 9.17) is 0 Å². The molecule has 0 bridgehead atoms. The van der Waals surface area contributed by atoms with Crippen molar-refractivity contribution in [2.24, 2.45) is 0 Å². The Morgan fingerprint density at radius 2 is 2.33 bits per heavy atom. The Kier molecular flexibility index (Phi) is 2.79. The Bertz CT molecular complexity index is 269. The molecule has 1 heterocycles. The molecule has 12 heavy (non-hydrogen) atoms. The first-order chi connectivity index (χ1) is 5.77. The molecule has 0 aliphatic carbocycles. The van der Waals surface area contributed by atoms with Gasteiger partial charge >= 0.3 is 11.9 Å². The summed E-state index contributed by atoms with van der Waals surface area (Å²) in [5, 5.41) is 3.55. The standard InChI is InChI=1S/C7H10N2O3/c1-3-5-8-6(12-9-5)7(10)11-4-2/h3-4H2,1-2H3. The van der Waals surface area contributed by atoms with E-state index < -0.39 is 5.97 Å². The van der Waals surface area contributed by atoms with Gasteiger partial charge in [-0.25, -0.2) is 4.79 Å². The van der Waals surface area contributed by atoms with Crippen molar-refractivity contribution in [1.82, 2.24) is 10.1 Å². The third-order valence-corrected chi connectivity index (χ3v) is 1.23. The molecule has 1 rings (SSSR count). The second kappa shape index (κ2) is 3.85. The van der Waals surface area contributed by atoms with Crippen LogP contribution in [0.15, 0.2) is 4.52 Å². The maximum absolute atomic E-state index is 11.0. The average Bonchev–Trinajstić information content (AvgIpc) is 2.52. The summed E-state index contributed by atoms with van der Waals surface area (Å²) in [6.45, 7) is 3.90. The first-order valence-corrected chi connectivity index (χ1v) is 3.77. The summed E-state index contributed by atoms with van der Waals surface area (Å²) >= 11 is 0. The van der Waals surface area contributed by atoms with Crippen LogP contribution in [0.4, 0.5) is 0 Å². The molecule has 1 aromatic rings. The van der Waals surface area contributed by atoms with E-state index in [0.717, 1.165) is 0 Å². The summed E-state index contributed by atoms with van der Waals surface area (Å²) < 4.78 is 9.28. The van der Waals surface area contributed by atoms with Gasteiger partial charge in [-0.15, -0.1) is 0 Å². The molecule has 0 fully saturated rings. The fraction of sp³-hybridized carbons (Fsp3) is 0.571. The fourth-order valence-corrected chi connectivity index (χ4v) is 0.673. The number of hydrogen-bond acceptors (Lipinski definition) is 5. The normalized spacial score (nSPS) is 9.83. The Morgan fingerprint density at radius 3 is 2.83 bits per heavy atom. The second-order valence-corrected chi connectivity index (χ2v) is 2.09. The highest BCUT2D eigenvalue weighted by atomic mass is 16.6. The van der Waals surface area contributed by atoms with Crippen LogP contribution in [0.1, 0.15) is 30.4 Å². The smallest absolute Gasteiger partial charge is 0.397 e. The highest BCUT2D eigenvalue weighted by molar-refractivity contribution is 5.83. The lowest BCUT2D eigenvalue weighted by Crippen LogP contribution is -2.04. The molecule has 5 heteroatoms. The number of carbonyl (C=O) groups is 1. The molecular formula is C7H10N2O3. The SMILES string of the molecule is CCOC(=O)c1nc(CC)no1. The molecule has 1 aromatic heterocycles. The van der Waals surface area contributed by atoms with E-state index in [2.05, 4.69) is 19.4 Å². The Balaban J connectivity index is 2.68. The maximum atomic E-state index is 11.0. The Labute approximate surface area is 69.7 Å². The van der Waals surface area contributed by atoms with E-state index in [1.165, 1.54) is 0 Å². The van der Waals surface area contributed by atoms with Crippen molar-refractivity contribution in [1.29, 1.82) is 0 Å². The first kappa shape index (κ1) is 8.70. The highest BCUT2D eigenvalue weighted by Crippen LogP contribution is 1.99. The van der Waals surface area contributed by atoms with Gasteiger partial charge in [0.1, 0.15) is 0 Å². The van der Waals surface area contributed by atoms with E-state index in [1.807, 2.05) is 6.92 Å². The lowest BCUT2D eigenvalue weighted by Gasteiger charge is -1.93. The molecule has 0 radical (unpaired) electrons. The number of rotatable bonds is 3. The first-order valence-electron chi connectivity index (χ1n) is 3.77. The number of aryl methyl sites for hydroxylation is 1. The molecule has 5 nitrogen and oxygen atoms in total. The summed E-state index contributed by atoms with van der Waals surface area (Å²) in [6, 6.07) is 0. The van der Waals surface area contributed by atoms with Crippen molar-refractivity contribution < 1.29 is 14.1 Å². The third-order valence-electron chi connectivity index (χ3n) is 1.23. The number of aromatic nitrogens is 2. The fourth-order valence-electron chi connectivity index (χ4n) is 0.673. The molecule has 0 amide bonds. The highest BCUT2D eigenvalue weighted by Gasteiger charge is 2.14. The van der Waals surface area contributed by atoms with Crippen molar-refractivity contribution in [3.63, 3.8) is 0 Å². The van der Waals surface area contributed by atoms with Gasteiger partial charge in [0, 0.05) is 6.42 Å². The van der Waals surface area contributed by atoms with Gasteiger partial charge in [0.05, 0.1) is 6.61 Å². The van der Waals surface area contributed by atoms with Gasteiger partial charge in [-0.3, -0.25) is 0 Å². The molecular weight excluding hydrogens is 160 g/mol. The van der Waals surface area contributed by atoms with Crippen LogP contribution in [0, 0.1) is 0 Å². The van der Waals surface area contributed by atoms with Crippen LogP contribution in [0.3, 0.4) is 0 Å². The molecule has 0 atom stereocenters. The van der Waals surface area contributed by atoms with Crippen LogP contribution in [0.25, 0.3) is 0 Å². The van der Waals surface area contributed by atoms with E-state index >= 15 is 0 Å². The van der Waals surface area contributed by atoms with Crippen LogP contribution in [-0.4, -0.2) is 22.7 Å². The summed E-state index contributed by atoms with van der Waals surface area (Å²) in [7, 11) is 0. The van der Waals surface area contributed by atoms with Gasteiger partial charge in [-0.05, 0) is 6.92 Å². The molecule has 66 valence electrons. The topological polar surface area (TPSA) is 65.2 Å². The van der Waals surface area contributed by atoms with Gasteiger partial charge in [-0.2, -0.15) is 4.98 Å². The average molecular weight is 170 g/mol. The van der Waals surface area contributed by atoms with Crippen LogP contribution in [0.5, 0.6) is 0 Å². The zero-order valence-electron chi connectivity index (χ0n) is 7.03. The quantitative estimate of drug-likeness (QED) is 0.628. The van der Waals surface area contributed by atoms with E-state index in [9.17, 15) is 4.79 Å². The molecule has 0 saturated carbocycles. The molecule has 0 unspecified atom stereocenters. The molecule has 0 aliphatic rings. The Hall–Kier alpha value is -1.39. The third kappa shape index (κ3) is 1.81. The van der Waals surface area contributed by atoms with Gasteiger partial charge in [0.2, 0.25) is 0 Å². The van der Waals surface area contributed by atoms with E-state index in [1.54, 1.807) is 6.92 Å². The monoisotopic (exact) mass is 170 g/mol. The molecule has 0 aromatic carbocycles. The lowest BCUT2D eigenvalue weighted by atomic mass is 10.5. The molecule has 0 spiro atoms. The molecule has 0 aliphatic heterocycles. The largest absolute Gasteiger partial charge is 0.459 e. The number of nitrogens with zero attached hydrogens (tertiary/aromatic N) is 2. The summed E-state index contributed by atoms with van der Waals surface area (Å²) in [5.41, 5.74) is 0. The van der Waals surface area contributed by atoms with Crippen LogP contribution < -0.4 is 0 Å². The van der Waals surface area contributed by atoms with Crippen molar-refractivity contribution >= 4 is 5.97 Å². The molecule has 0 saturated heterocycles. The number of ether oxygens (including phenoxy) is 1. The van der Waals surface area contributed by atoms with Crippen molar-refractivity contribution in [2.45, 2.75) is 20.3 Å². The predicted molar refractivity (Wildman–Crippen MR) is 39.6 cm³/mol. The summed E-state index contributed by atoms with van der Waals surface area (Å²) in [4.78, 5) is 14.8. The van der Waals surface area contributed by atoms with Crippen molar-refractivity contribution in [3.8, 4) is 0 Å². The van der Waals surface area contributed by atoms with Crippen molar-refractivity contribution in [2.75, 3.05) is 6.61 Å². The summed E-state index contributed by atoms with van der Waals surface area (Å²) in [5.74, 6) is -0.128. The van der Waals surface area contributed by atoms with E-state index in [-0.39, 0.29) is 5.89 Å².